The predicted molar refractivity (Wildman–Crippen MR) is 63.5 cm³/mol. The largest absolute Gasteiger partial charge is 0.508 e. The van der Waals surface area contributed by atoms with Crippen LogP contribution in [0.5, 0.6) is 5.75 Å². The van der Waals surface area contributed by atoms with Crippen molar-refractivity contribution in [1.29, 1.82) is 0 Å². The molecule has 90 valence electrons. The second-order valence-corrected chi connectivity index (χ2v) is 3.91. The number of benzene rings is 1. The van der Waals surface area contributed by atoms with Gasteiger partial charge >= 0.3 is 6.09 Å². The van der Waals surface area contributed by atoms with E-state index in [4.69, 9.17) is 4.74 Å². The van der Waals surface area contributed by atoms with Gasteiger partial charge in [0, 0.05) is 11.8 Å². The quantitative estimate of drug-likeness (QED) is 0.811. The molecule has 0 saturated heterocycles. The number of phenolic OH excluding ortho intramolecular Hbond substituents is 1. The Morgan fingerprint density at radius 3 is 2.94 bits per heavy atom. The lowest BCUT2D eigenvalue weighted by Gasteiger charge is -2.30. The molecule has 0 radical (unpaired) electrons. The zero-order valence-corrected chi connectivity index (χ0v) is 9.67. The van der Waals surface area contributed by atoms with Gasteiger partial charge in [0.15, 0.2) is 0 Å². The van der Waals surface area contributed by atoms with E-state index in [0.29, 0.717) is 0 Å². The van der Waals surface area contributed by atoms with Crippen LogP contribution in [0.25, 0.3) is 0 Å². The first-order chi connectivity index (χ1) is 8.24. The fourth-order valence-electron chi connectivity index (χ4n) is 2.05. The number of carbonyl (C=O) groups excluding carboxylic acids is 1. The Labute approximate surface area is 100 Å². The van der Waals surface area contributed by atoms with Gasteiger partial charge in [-0.2, -0.15) is 0 Å². The van der Waals surface area contributed by atoms with Gasteiger partial charge in [-0.15, -0.1) is 0 Å². The van der Waals surface area contributed by atoms with Crippen LogP contribution in [0, 0.1) is 0 Å². The lowest BCUT2D eigenvalue weighted by Crippen LogP contribution is -2.31. The zero-order valence-electron chi connectivity index (χ0n) is 9.67. The molecular weight excluding hydrogens is 218 g/mol. The molecule has 1 N–H and O–H groups in total. The van der Waals surface area contributed by atoms with Crippen LogP contribution < -0.4 is 0 Å². The van der Waals surface area contributed by atoms with Crippen molar-refractivity contribution in [3.8, 4) is 5.75 Å². The highest BCUT2D eigenvalue weighted by molar-refractivity contribution is 5.70. The van der Waals surface area contributed by atoms with E-state index in [9.17, 15) is 9.90 Å². The number of amides is 1. The Bertz CT molecular complexity index is 442. The van der Waals surface area contributed by atoms with Crippen molar-refractivity contribution in [2.24, 2.45) is 0 Å². The van der Waals surface area contributed by atoms with E-state index in [-0.39, 0.29) is 11.8 Å². The smallest absolute Gasteiger partial charge is 0.414 e. The molecular formula is C13H15NO3. The molecule has 1 unspecified atom stereocenters. The van der Waals surface area contributed by atoms with Crippen LogP contribution in [0.4, 0.5) is 4.79 Å². The summed E-state index contributed by atoms with van der Waals surface area (Å²) >= 11 is 0. The molecule has 1 aliphatic rings. The second-order valence-electron chi connectivity index (χ2n) is 3.91. The minimum absolute atomic E-state index is 0.159. The topological polar surface area (TPSA) is 49.8 Å². The third kappa shape index (κ3) is 2.25. The van der Waals surface area contributed by atoms with Crippen LogP contribution in [0.15, 0.2) is 36.5 Å². The Morgan fingerprint density at radius 1 is 1.47 bits per heavy atom. The molecule has 0 fully saturated rings. The highest BCUT2D eigenvalue weighted by Crippen LogP contribution is 2.34. The van der Waals surface area contributed by atoms with Crippen LogP contribution in [0.3, 0.4) is 0 Å². The van der Waals surface area contributed by atoms with Crippen LogP contribution in [0.2, 0.25) is 0 Å². The molecule has 1 heterocycles. The fourth-order valence-corrected chi connectivity index (χ4v) is 2.05. The first kappa shape index (κ1) is 11.5. The molecule has 2 rings (SSSR count). The van der Waals surface area contributed by atoms with Crippen molar-refractivity contribution in [1.82, 2.24) is 4.90 Å². The van der Waals surface area contributed by atoms with Crippen LogP contribution in [-0.4, -0.2) is 23.2 Å². The van der Waals surface area contributed by atoms with E-state index < -0.39 is 6.09 Å². The van der Waals surface area contributed by atoms with Gasteiger partial charge in [0.1, 0.15) is 5.75 Å². The van der Waals surface area contributed by atoms with E-state index in [1.807, 2.05) is 18.2 Å². The second kappa shape index (κ2) is 4.91. The molecule has 1 aromatic rings. The van der Waals surface area contributed by atoms with E-state index >= 15 is 0 Å². The van der Waals surface area contributed by atoms with Crippen molar-refractivity contribution in [3.05, 3.63) is 42.1 Å². The van der Waals surface area contributed by atoms with Crippen molar-refractivity contribution < 1.29 is 14.6 Å². The number of aromatic hydroxyl groups is 1. The van der Waals surface area contributed by atoms with E-state index in [1.165, 1.54) is 12.0 Å². The Morgan fingerprint density at radius 2 is 2.24 bits per heavy atom. The Kier molecular flexibility index (Phi) is 3.32. The highest BCUT2D eigenvalue weighted by Gasteiger charge is 2.27. The number of phenols is 1. The maximum atomic E-state index is 11.6. The molecule has 1 atom stereocenters. The number of para-hydroxylation sites is 1. The highest BCUT2D eigenvalue weighted by atomic mass is 16.5. The summed E-state index contributed by atoms with van der Waals surface area (Å²) < 4.78 is 4.74. The molecule has 0 aliphatic carbocycles. The number of nitrogens with zero attached hydrogens (tertiary/aromatic N) is 1. The van der Waals surface area contributed by atoms with Crippen molar-refractivity contribution >= 4 is 6.09 Å². The van der Waals surface area contributed by atoms with Gasteiger partial charge in [-0.1, -0.05) is 24.3 Å². The maximum absolute atomic E-state index is 11.6. The van der Waals surface area contributed by atoms with Crippen molar-refractivity contribution in [2.45, 2.75) is 18.9 Å². The molecule has 17 heavy (non-hydrogen) atoms. The maximum Gasteiger partial charge on any atom is 0.414 e. The monoisotopic (exact) mass is 233 g/mol. The van der Waals surface area contributed by atoms with Crippen LogP contribution >= 0.6 is 0 Å². The number of hydrogen-bond acceptors (Lipinski definition) is 3. The summed E-state index contributed by atoms with van der Waals surface area (Å²) in [6.45, 7) is 0. The predicted octanol–water partition coefficient (Wildman–Crippen LogP) is 2.81. The molecule has 0 spiro atoms. The summed E-state index contributed by atoms with van der Waals surface area (Å²) in [4.78, 5) is 13.1. The van der Waals surface area contributed by atoms with E-state index in [1.54, 1.807) is 18.3 Å². The zero-order chi connectivity index (χ0) is 12.3. The minimum Gasteiger partial charge on any atom is -0.508 e. The average molecular weight is 233 g/mol. The first-order valence-electron chi connectivity index (χ1n) is 5.55. The van der Waals surface area contributed by atoms with Gasteiger partial charge in [-0.05, 0) is 18.9 Å². The summed E-state index contributed by atoms with van der Waals surface area (Å²) in [6, 6.07) is 6.91. The van der Waals surface area contributed by atoms with Gasteiger partial charge in [-0.3, -0.25) is 4.90 Å². The third-order valence-electron chi connectivity index (χ3n) is 2.89. The van der Waals surface area contributed by atoms with Crippen molar-refractivity contribution in [2.75, 3.05) is 7.11 Å². The lowest BCUT2D eigenvalue weighted by molar-refractivity contribution is 0.121. The summed E-state index contributed by atoms with van der Waals surface area (Å²) in [5, 5.41) is 9.83. The van der Waals surface area contributed by atoms with Crippen molar-refractivity contribution in [3.63, 3.8) is 0 Å². The van der Waals surface area contributed by atoms with E-state index in [0.717, 1.165) is 18.4 Å². The Balaban J connectivity index is 2.33. The minimum atomic E-state index is -0.408. The molecule has 0 bridgehead atoms. The summed E-state index contributed by atoms with van der Waals surface area (Å²) in [5.74, 6) is 0.210. The van der Waals surface area contributed by atoms with Gasteiger partial charge in [0.25, 0.3) is 0 Å². The molecule has 0 saturated carbocycles. The third-order valence-corrected chi connectivity index (χ3v) is 2.89. The molecule has 0 aromatic heterocycles. The normalized spacial score (nSPS) is 19.1. The number of carbonyl (C=O) groups is 1. The van der Waals surface area contributed by atoms with Gasteiger partial charge in [0.05, 0.1) is 13.2 Å². The summed E-state index contributed by atoms with van der Waals surface area (Å²) in [5.41, 5.74) is 0.752. The standard InChI is InChI=1S/C13H15NO3/c1-17-13(16)14-9-5-4-7-11(14)10-6-2-3-8-12(10)15/h2-3,5-6,8-9,11,15H,4,7H2,1H3. The summed E-state index contributed by atoms with van der Waals surface area (Å²) in [7, 11) is 1.35. The lowest BCUT2D eigenvalue weighted by atomic mass is 9.97. The molecule has 1 aliphatic heterocycles. The number of allylic oxidation sites excluding steroid dienone is 1. The number of ether oxygens (including phenoxy) is 1. The Hall–Kier alpha value is -1.97. The van der Waals surface area contributed by atoms with Gasteiger partial charge in [0.2, 0.25) is 0 Å². The van der Waals surface area contributed by atoms with Crippen LogP contribution in [-0.2, 0) is 4.74 Å². The number of rotatable bonds is 1. The first-order valence-corrected chi connectivity index (χ1v) is 5.55. The average Bonchev–Trinajstić information content (AvgIpc) is 2.38. The number of methoxy groups -OCH3 is 1. The molecule has 4 heteroatoms. The molecule has 1 amide bonds. The summed E-state index contributed by atoms with van der Waals surface area (Å²) in [6.07, 6.45) is 4.89. The fraction of sp³-hybridized carbons (Fsp3) is 0.308. The van der Waals surface area contributed by atoms with E-state index in [2.05, 4.69) is 0 Å². The van der Waals surface area contributed by atoms with Gasteiger partial charge < -0.3 is 9.84 Å². The molecule has 4 nitrogen and oxygen atoms in total. The van der Waals surface area contributed by atoms with Crippen LogP contribution in [0.1, 0.15) is 24.4 Å². The number of hydrogen-bond donors (Lipinski definition) is 1. The molecule has 1 aromatic carbocycles. The van der Waals surface area contributed by atoms with Gasteiger partial charge in [-0.25, -0.2) is 4.79 Å². The SMILES string of the molecule is COC(=O)N1C=CCCC1c1ccccc1O.